The van der Waals surface area contributed by atoms with Gasteiger partial charge >= 0.3 is 0 Å². The Morgan fingerprint density at radius 3 is 2.77 bits per heavy atom. The topological polar surface area (TPSA) is 64.4 Å². The summed E-state index contributed by atoms with van der Waals surface area (Å²) in [4.78, 5) is 17.4. The summed E-state index contributed by atoms with van der Waals surface area (Å²) in [6.07, 6.45) is 2.17. The minimum atomic E-state index is -0.425. The number of para-hydroxylation sites is 2. The number of rotatable bonds is 6. The van der Waals surface area contributed by atoms with Crippen molar-refractivity contribution in [2.24, 2.45) is 0 Å². The minimum Gasteiger partial charge on any atom is -0.431 e. The van der Waals surface area contributed by atoms with Crippen molar-refractivity contribution in [3.05, 3.63) is 60.2 Å². The zero-order valence-corrected chi connectivity index (χ0v) is 15.1. The number of hydrogen-bond donors (Lipinski definition) is 1. The first-order valence-electron chi connectivity index (χ1n) is 8.76. The molecular weight excluding hydrogens is 348 g/mol. The van der Waals surface area contributed by atoms with Crippen molar-refractivity contribution in [1.82, 2.24) is 10.3 Å². The summed E-state index contributed by atoms with van der Waals surface area (Å²) in [6.45, 7) is 1.32. The van der Waals surface area contributed by atoms with E-state index >= 15 is 0 Å². The quantitative estimate of drug-likeness (QED) is 0.667. The molecule has 0 saturated carbocycles. The van der Waals surface area contributed by atoms with Crippen molar-refractivity contribution in [1.29, 1.82) is 0 Å². The summed E-state index contributed by atoms with van der Waals surface area (Å²) >= 11 is 1.33. The molecule has 2 aromatic carbocycles. The monoisotopic (exact) mass is 368 g/mol. The predicted molar refractivity (Wildman–Crippen MR) is 101 cm³/mol. The molecule has 2 heterocycles. The van der Waals surface area contributed by atoms with E-state index < -0.39 is 5.25 Å². The average Bonchev–Trinajstić information content (AvgIpc) is 3.34. The van der Waals surface area contributed by atoms with Crippen molar-refractivity contribution in [2.45, 2.75) is 29.4 Å². The van der Waals surface area contributed by atoms with Gasteiger partial charge in [0.05, 0.1) is 6.10 Å². The number of carbonyl (C=O) groups is 1. The summed E-state index contributed by atoms with van der Waals surface area (Å²) in [5.74, 6) is -0.0565. The molecular formula is C20H20N2O3S. The predicted octanol–water partition coefficient (Wildman–Crippen LogP) is 3.96. The van der Waals surface area contributed by atoms with Gasteiger partial charge in [0.1, 0.15) is 10.8 Å². The van der Waals surface area contributed by atoms with Gasteiger partial charge in [-0.05, 0) is 42.3 Å². The van der Waals surface area contributed by atoms with Crippen LogP contribution in [0.3, 0.4) is 0 Å². The Bertz CT molecular complexity index is 842. The van der Waals surface area contributed by atoms with E-state index in [1.54, 1.807) is 0 Å². The van der Waals surface area contributed by atoms with Crippen LogP contribution in [0.5, 0.6) is 0 Å². The molecule has 1 fully saturated rings. The van der Waals surface area contributed by atoms with Crippen LogP contribution < -0.4 is 5.32 Å². The Kier molecular flexibility index (Phi) is 5.22. The zero-order valence-electron chi connectivity index (χ0n) is 14.3. The number of fused-ring (bicyclic) bond motifs is 1. The first-order chi connectivity index (χ1) is 12.8. The summed E-state index contributed by atoms with van der Waals surface area (Å²) in [5, 5.41) is 3.09. The molecule has 4 rings (SSSR count). The first-order valence-corrected chi connectivity index (χ1v) is 9.64. The Morgan fingerprint density at radius 2 is 2.00 bits per heavy atom. The van der Waals surface area contributed by atoms with Crippen LogP contribution in [0.2, 0.25) is 0 Å². The average molecular weight is 368 g/mol. The number of benzene rings is 2. The Labute approximate surface area is 156 Å². The van der Waals surface area contributed by atoms with Gasteiger partial charge in [0, 0.05) is 13.2 Å². The van der Waals surface area contributed by atoms with Gasteiger partial charge in [0.2, 0.25) is 5.91 Å². The lowest BCUT2D eigenvalue weighted by Gasteiger charge is -2.17. The number of hydrogen-bond acceptors (Lipinski definition) is 5. The molecule has 0 spiro atoms. The highest BCUT2D eigenvalue weighted by Crippen LogP contribution is 2.36. The fourth-order valence-corrected chi connectivity index (χ4v) is 3.99. The highest BCUT2D eigenvalue weighted by molar-refractivity contribution is 8.00. The van der Waals surface area contributed by atoms with Gasteiger partial charge < -0.3 is 14.5 Å². The van der Waals surface area contributed by atoms with E-state index in [4.69, 9.17) is 9.15 Å². The SMILES string of the molecule is O=C(NC[C@H]1CCCO1)[C@H](Sc1nc2ccccc2o1)c1ccccc1. The van der Waals surface area contributed by atoms with Crippen LogP contribution in [0.1, 0.15) is 23.7 Å². The Hall–Kier alpha value is -2.31. The van der Waals surface area contributed by atoms with Crippen LogP contribution in [0.25, 0.3) is 11.1 Å². The van der Waals surface area contributed by atoms with Gasteiger partial charge in [0.15, 0.2) is 5.58 Å². The molecule has 2 atom stereocenters. The number of aromatic nitrogens is 1. The molecule has 1 aromatic heterocycles. The van der Waals surface area contributed by atoms with E-state index in [2.05, 4.69) is 10.3 Å². The normalized spacial score (nSPS) is 18.1. The number of oxazole rings is 1. The zero-order chi connectivity index (χ0) is 17.8. The number of carbonyl (C=O) groups excluding carboxylic acids is 1. The van der Waals surface area contributed by atoms with E-state index in [1.807, 2.05) is 54.6 Å². The molecule has 6 heteroatoms. The Balaban J connectivity index is 1.53. The molecule has 1 aliphatic rings. The maximum atomic E-state index is 12.9. The minimum absolute atomic E-state index is 0.0565. The van der Waals surface area contributed by atoms with Crippen LogP contribution in [0.4, 0.5) is 0 Å². The van der Waals surface area contributed by atoms with E-state index in [-0.39, 0.29) is 12.0 Å². The van der Waals surface area contributed by atoms with Crippen LogP contribution in [0, 0.1) is 0 Å². The maximum Gasteiger partial charge on any atom is 0.257 e. The number of ether oxygens (including phenoxy) is 1. The number of thioether (sulfide) groups is 1. The Morgan fingerprint density at radius 1 is 1.19 bits per heavy atom. The smallest absolute Gasteiger partial charge is 0.257 e. The van der Waals surface area contributed by atoms with Crippen molar-refractivity contribution in [3.8, 4) is 0 Å². The number of amides is 1. The lowest BCUT2D eigenvalue weighted by molar-refractivity contribution is -0.121. The first kappa shape index (κ1) is 17.1. The highest BCUT2D eigenvalue weighted by Gasteiger charge is 2.26. The molecule has 134 valence electrons. The van der Waals surface area contributed by atoms with E-state index in [0.717, 1.165) is 36.1 Å². The summed E-state index contributed by atoms with van der Waals surface area (Å²) in [5.41, 5.74) is 2.44. The summed E-state index contributed by atoms with van der Waals surface area (Å²) < 4.78 is 11.4. The summed E-state index contributed by atoms with van der Waals surface area (Å²) in [6, 6.07) is 17.3. The molecule has 0 bridgehead atoms. The second-order valence-corrected chi connectivity index (χ2v) is 7.29. The van der Waals surface area contributed by atoms with Gasteiger partial charge in [-0.2, -0.15) is 0 Å². The van der Waals surface area contributed by atoms with Gasteiger partial charge in [-0.3, -0.25) is 4.79 Å². The van der Waals surface area contributed by atoms with Gasteiger partial charge in [-0.25, -0.2) is 4.98 Å². The third-order valence-electron chi connectivity index (χ3n) is 4.36. The molecule has 26 heavy (non-hydrogen) atoms. The second-order valence-electron chi connectivity index (χ2n) is 6.24. The highest BCUT2D eigenvalue weighted by atomic mass is 32.2. The van der Waals surface area contributed by atoms with Crippen LogP contribution in [-0.2, 0) is 9.53 Å². The van der Waals surface area contributed by atoms with E-state index in [1.165, 1.54) is 11.8 Å². The summed E-state index contributed by atoms with van der Waals surface area (Å²) in [7, 11) is 0. The number of nitrogens with one attached hydrogen (secondary N) is 1. The largest absolute Gasteiger partial charge is 0.431 e. The fourth-order valence-electron chi connectivity index (χ4n) is 3.02. The molecule has 0 radical (unpaired) electrons. The molecule has 0 unspecified atom stereocenters. The van der Waals surface area contributed by atoms with Gasteiger partial charge in [-0.15, -0.1) is 0 Å². The third kappa shape index (κ3) is 3.92. The van der Waals surface area contributed by atoms with Crippen LogP contribution >= 0.6 is 11.8 Å². The molecule has 0 aliphatic carbocycles. The van der Waals surface area contributed by atoms with E-state index in [9.17, 15) is 4.79 Å². The maximum absolute atomic E-state index is 12.9. The van der Waals surface area contributed by atoms with Crippen molar-refractivity contribution < 1.29 is 13.9 Å². The van der Waals surface area contributed by atoms with Gasteiger partial charge in [0.25, 0.3) is 5.22 Å². The van der Waals surface area contributed by atoms with Crippen molar-refractivity contribution in [3.63, 3.8) is 0 Å². The third-order valence-corrected chi connectivity index (χ3v) is 5.46. The molecule has 5 nitrogen and oxygen atoms in total. The van der Waals surface area contributed by atoms with Crippen molar-refractivity contribution in [2.75, 3.05) is 13.2 Å². The standard InChI is InChI=1S/C20H20N2O3S/c23-19(21-13-15-9-6-12-24-15)18(14-7-2-1-3-8-14)26-20-22-16-10-4-5-11-17(16)25-20/h1-5,7-8,10-11,15,18H,6,9,12-13H2,(H,21,23)/t15-,18-/m1/s1. The van der Waals surface area contributed by atoms with Crippen LogP contribution in [-0.4, -0.2) is 30.1 Å². The number of nitrogens with zero attached hydrogens (tertiary/aromatic N) is 1. The lowest BCUT2D eigenvalue weighted by atomic mass is 10.1. The second kappa shape index (κ2) is 7.93. The molecule has 1 amide bonds. The fraction of sp³-hybridized carbons (Fsp3) is 0.300. The molecule has 3 aromatic rings. The van der Waals surface area contributed by atoms with Crippen LogP contribution in [0.15, 0.2) is 64.2 Å². The molecule has 1 aliphatic heterocycles. The molecule has 1 N–H and O–H groups in total. The lowest BCUT2D eigenvalue weighted by Crippen LogP contribution is -2.34. The van der Waals surface area contributed by atoms with E-state index in [0.29, 0.717) is 11.8 Å². The van der Waals surface area contributed by atoms with Gasteiger partial charge in [-0.1, -0.05) is 42.5 Å². The van der Waals surface area contributed by atoms with Crippen molar-refractivity contribution >= 4 is 28.8 Å². The molecule has 1 saturated heterocycles.